The summed E-state index contributed by atoms with van der Waals surface area (Å²) in [6.07, 6.45) is 2.72. The van der Waals surface area contributed by atoms with Gasteiger partial charge < -0.3 is 4.74 Å². The molecule has 1 heterocycles. The second-order valence-electron chi connectivity index (χ2n) is 6.98. The normalized spacial score (nSPS) is 10.9. The number of hydrogen-bond acceptors (Lipinski definition) is 6. The Hall–Kier alpha value is -4.79. The number of nitro benzene ring substituents is 1. The SMILES string of the molecule is COc1cccc(-c2nc3ccccc3c(=O)n2NC(=O)/C=C/c2ccc([N+](=O)[O-])cc2)c1. The smallest absolute Gasteiger partial charge is 0.280 e. The number of amides is 1. The number of carbonyl (C=O) groups is 1. The van der Waals surface area contributed by atoms with Crippen LogP contribution < -0.4 is 15.7 Å². The minimum Gasteiger partial charge on any atom is -0.497 e. The van der Waals surface area contributed by atoms with Crippen LogP contribution in [0, 0.1) is 10.1 Å². The van der Waals surface area contributed by atoms with Gasteiger partial charge in [-0.1, -0.05) is 24.3 Å². The third-order valence-electron chi connectivity index (χ3n) is 4.86. The fraction of sp³-hybridized carbons (Fsp3) is 0.0417. The first-order valence-electron chi connectivity index (χ1n) is 9.86. The third kappa shape index (κ3) is 4.62. The zero-order valence-electron chi connectivity index (χ0n) is 17.5. The Bertz CT molecular complexity index is 1440. The maximum Gasteiger partial charge on any atom is 0.280 e. The minimum absolute atomic E-state index is 0.0478. The highest BCUT2D eigenvalue weighted by Crippen LogP contribution is 2.22. The van der Waals surface area contributed by atoms with Gasteiger partial charge in [0.05, 0.1) is 22.9 Å². The number of aromatic nitrogens is 2. The van der Waals surface area contributed by atoms with Gasteiger partial charge in [0.2, 0.25) is 0 Å². The number of nitrogens with one attached hydrogen (secondary N) is 1. The van der Waals surface area contributed by atoms with E-state index in [4.69, 9.17) is 4.74 Å². The van der Waals surface area contributed by atoms with Crippen molar-refractivity contribution >= 4 is 28.6 Å². The lowest BCUT2D eigenvalue weighted by Gasteiger charge is -2.14. The Morgan fingerprint density at radius 2 is 1.85 bits per heavy atom. The highest BCUT2D eigenvalue weighted by Gasteiger charge is 2.15. The molecule has 4 aromatic rings. The number of fused-ring (bicyclic) bond motifs is 1. The van der Waals surface area contributed by atoms with Crippen LogP contribution in [-0.4, -0.2) is 27.6 Å². The topological polar surface area (TPSA) is 116 Å². The molecule has 1 amide bonds. The Kier molecular flexibility index (Phi) is 5.94. The second kappa shape index (κ2) is 9.15. The molecule has 3 aromatic carbocycles. The van der Waals surface area contributed by atoms with E-state index in [1.54, 1.807) is 48.5 Å². The monoisotopic (exact) mass is 442 g/mol. The van der Waals surface area contributed by atoms with E-state index in [1.165, 1.54) is 43.5 Å². The summed E-state index contributed by atoms with van der Waals surface area (Å²) >= 11 is 0. The highest BCUT2D eigenvalue weighted by atomic mass is 16.6. The molecule has 0 atom stereocenters. The molecule has 0 spiro atoms. The molecule has 0 bridgehead atoms. The first-order valence-corrected chi connectivity index (χ1v) is 9.86. The summed E-state index contributed by atoms with van der Waals surface area (Å²) < 4.78 is 6.37. The fourth-order valence-electron chi connectivity index (χ4n) is 3.22. The summed E-state index contributed by atoms with van der Waals surface area (Å²) in [5, 5.41) is 11.1. The molecule has 0 saturated heterocycles. The van der Waals surface area contributed by atoms with Crippen molar-refractivity contribution in [3.05, 3.63) is 105 Å². The summed E-state index contributed by atoms with van der Waals surface area (Å²) in [5.74, 6) is 0.247. The Balaban J connectivity index is 1.71. The first kappa shape index (κ1) is 21.4. The van der Waals surface area contributed by atoms with Crippen molar-refractivity contribution in [1.29, 1.82) is 0 Å². The van der Waals surface area contributed by atoms with Gasteiger partial charge in [0.15, 0.2) is 5.82 Å². The van der Waals surface area contributed by atoms with Crippen molar-refractivity contribution in [3.63, 3.8) is 0 Å². The van der Waals surface area contributed by atoms with Crippen LogP contribution in [0.5, 0.6) is 5.75 Å². The van der Waals surface area contributed by atoms with Crippen LogP contribution in [0.25, 0.3) is 28.4 Å². The average molecular weight is 442 g/mol. The molecule has 0 radical (unpaired) electrons. The summed E-state index contributed by atoms with van der Waals surface area (Å²) in [4.78, 5) is 40.7. The predicted octanol–water partition coefficient (Wildman–Crippen LogP) is 3.76. The van der Waals surface area contributed by atoms with E-state index in [-0.39, 0.29) is 11.5 Å². The molecule has 4 rings (SSSR count). The summed E-state index contributed by atoms with van der Waals surface area (Å²) in [6.45, 7) is 0. The van der Waals surface area contributed by atoms with Gasteiger partial charge >= 0.3 is 0 Å². The quantitative estimate of drug-likeness (QED) is 0.276. The third-order valence-corrected chi connectivity index (χ3v) is 4.86. The zero-order chi connectivity index (χ0) is 23.4. The number of benzene rings is 3. The lowest BCUT2D eigenvalue weighted by Crippen LogP contribution is -2.34. The average Bonchev–Trinajstić information content (AvgIpc) is 2.84. The van der Waals surface area contributed by atoms with E-state index in [0.717, 1.165) is 4.68 Å². The van der Waals surface area contributed by atoms with Crippen LogP contribution in [0.1, 0.15) is 5.56 Å². The van der Waals surface area contributed by atoms with E-state index in [0.29, 0.717) is 27.8 Å². The molecule has 0 aliphatic carbocycles. The van der Waals surface area contributed by atoms with Gasteiger partial charge in [0.25, 0.3) is 17.2 Å². The largest absolute Gasteiger partial charge is 0.497 e. The Morgan fingerprint density at radius 3 is 2.58 bits per heavy atom. The number of carbonyl (C=O) groups excluding carboxylic acids is 1. The van der Waals surface area contributed by atoms with Gasteiger partial charge in [-0.3, -0.25) is 25.1 Å². The number of ether oxygens (including phenoxy) is 1. The molecule has 1 N–H and O–H groups in total. The first-order chi connectivity index (χ1) is 16.0. The van der Waals surface area contributed by atoms with Gasteiger partial charge in [-0.05, 0) is 48.0 Å². The van der Waals surface area contributed by atoms with Gasteiger partial charge in [0, 0.05) is 23.8 Å². The van der Waals surface area contributed by atoms with E-state index in [2.05, 4.69) is 10.4 Å². The van der Waals surface area contributed by atoms with Crippen LogP contribution in [0.2, 0.25) is 0 Å². The van der Waals surface area contributed by atoms with Crippen molar-refractivity contribution in [2.45, 2.75) is 0 Å². The standard InChI is InChI=1S/C24H18N4O5/c1-33-19-6-4-5-17(15-19)23-25-21-8-3-2-7-20(21)24(30)27(23)26-22(29)14-11-16-9-12-18(13-10-16)28(31)32/h2-15H,1H3,(H,26,29)/b14-11+. The van der Waals surface area contributed by atoms with E-state index in [1.807, 2.05) is 0 Å². The fourth-order valence-corrected chi connectivity index (χ4v) is 3.22. The summed E-state index contributed by atoms with van der Waals surface area (Å²) in [7, 11) is 1.53. The molecular weight excluding hydrogens is 424 g/mol. The van der Waals surface area contributed by atoms with Gasteiger partial charge in [-0.2, -0.15) is 4.68 Å². The molecule has 9 heteroatoms. The lowest BCUT2D eigenvalue weighted by atomic mass is 10.1. The van der Waals surface area contributed by atoms with E-state index < -0.39 is 16.4 Å². The molecule has 33 heavy (non-hydrogen) atoms. The van der Waals surface area contributed by atoms with Gasteiger partial charge in [-0.25, -0.2) is 4.98 Å². The molecule has 164 valence electrons. The van der Waals surface area contributed by atoms with Crippen molar-refractivity contribution in [2.24, 2.45) is 0 Å². The molecule has 0 aliphatic heterocycles. The van der Waals surface area contributed by atoms with Crippen molar-refractivity contribution in [1.82, 2.24) is 9.66 Å². The number of rotatable bonds is 6. The number of non-ortho nitro benzene ring substituents is 1. The number of hydrogen-bond donors (Lipinski definition) is 1. The van der Waals surface area contributed by atoms with Gasteiger partial charge in [0.1, 0.15) is 5.75 Å². The number of methoxy groups -OCH3 is 1. The maximum atomic E-state index is 13.2. The summed E-state index contributed by atoms with van der Waals surface area (Å²) in [5.41, 5.74) is 3.75. The Labute approximate surface area is 187 Å². The second-order valence-corrected chi connectivity index (χ2v) is 6.98. The number of para-hydroxylation sites is 1. The summed E-state index contributed by atoms with van der Waals surface area (Å²) in [6, 6.07) is 19.6. The van der Waals surface area contributed by atoms with Crippen LogP contribution >= 0.6 is 0 Å². The minimum atomic E-state index is -0.573. The molecule has 0 saturated carbocycles. The van der Waals surface area contributed by atoms with Crippen LogP contribution in [0.3, 0.4) is 0 Å². The number of nitro groups is 1. The molecule has 0 unspecified atom stereocenters. The van der Waals surface area contributed by atoms with Crippen LogP contribution in [0.4, 0.5) is 5.69 Å². The van der Waals surface area contributed by atoms with Gasteiger partial charge in [-0.15, -0.1) is 0 Å². The molecule has 1 aromatic heterocycles. The number of nitrogens with zero attached hydrogens (tertiary/aromatic N) is 3. The van der Waals surface area contributed by atoms with E-state index >= 15 is 0 Å². The Morgan fingerprint density at radius 1 is 1.09 bits per heavy atom. The molecular formula is C24H18N4O5. The maximum absolute atomic E-state index is 13.2. The van der Waals surface area contributed by atoms with E-state index in [9.17, 15) is 19.7 Å². The highest BCUT2D eigenvalue weighted by molar-refractivity contribution is 5.98. The molecule has 0 fully saturated rings. The van der Waals surface area contributed by atoms with Crippen LogP contribution in [-0.2, 0) is 4.79 Å². The van der Waals surface area contributed by atoms with Crippen molar-refractivity contribution < 1.29 is 14.5 Å². The van der Waals surface area contributed by atoms with Crippen molar-refractivity contribution in [3.8, 4) is 17.1 Å². The molecule has 0 aliphatic rings. The zero-order valence-corrected chi connectivity index (χ0v) is 17.5. The van der Waals surface area contributed by atoms with Crippen molar-refractivity contribution in [2.75, 3.05) is 12.5 Å². The predicted molar refractivity (Wildman–Crippen MR) is 124 cm³/mol. The van der Waals surface area contributed by atoms with Crippen LogP contribution in [0.15, 0.2) is 83.7 Å². The lowest BCUT2D eigenvalue weighted by molar-refractivity contribution is -0.384. The molecule has 9 nitrogen and oxygen atoms in total.